The Balaban J connectivity index is 2.30. The van der Waals surface area contributed by atoms with Crippen molar-refractivity contribution in [3.63, 3.8) is 0 Å². The van der Waals surface area contributed by atoms with Gasteiger partial charge in [-0.15, -0.1) is 0 Å². The Labute approximate surface area is 111 Å². The number of carbonyl (C=O) groups is 1. The summed E-state index contributed by atoms with van der Waals surface area (Å²) < 4.78 is 18.0. The van der Waals surface area contributed by atoms with E-state index in [1.54, 1.807) is 0 Å². The summed E-state index contributed by atoms with van der Waals surface area (Å²) >= 11 is 0. The van der Waals surface area contributed by atoms with Crippen LogP contribution in [0.25, 0.3) is 0 Å². The van der Waals surface area contributed by atoms with Gasteiger partial charge in [-0.2, -0.15) is 4.39 Å². The van der Waals surface area contributed by atoms with Crippen LogP contribution in [0, 0.1) is 11.9 Å². The van der Waals surface area contributed by atoms with E-state index in [1.165, 1.54) is 12.1 Å². The van der Waals surface area contributed by atoms with Gasteiger partial charge in [0, 0.05) is 13.2 Å². The van der Waals surface area contributed by atoms with Crippen LogP contribution >= 0.6 is 0 Å². The van der Waals surface area contributed by atoms with Crippen LogP contribution in [0.3, 0.4) is 0 Å². The van der Waals surface area contributed by atoms with Crippen molar-refractivity contribution in [2.24, 2.45) is 5.92 Å². The number of hydrogen-bond acceptors (Lipinski definition) is 4. The average molecular weight is 270 g/mol. The number of halogens is 1. The van der Waals surface area contributed by atoms with Crippen molar-refractivity contribution >= 4 is 5.91 Å². The van der Waals surface area contributed by atoms with E-state index >= 15 is 0 Å². The molecule has 6 heteroatoms. The van der Waals surface area contributed by atoms with E-state index in [-0.39, 0.29) is 18.8 Å². The van der Waals surface area contributed by atoms with Crippen molar-refractivity contribution in [3.8, 4) is 0 Å². The molecule has 1 rings (SSSR count). The first-order valence-electron chi connectivity index (χ1n) is 6.15. The fraction of sp³-hybridized carbons (Fsp3) is 0.538. The second kappa shape index (κ2) is 7.81. The lowest BCUT2D eigenvalue weighted by Gasteiger charge is -2.13. The van der Waals surface area contributed by atoms with Crippen LogP contribution in [-0.4, -0.2) is 41.9 Å². The molecule has 0 bridgehead atoms. The van der Waals surface area contributed by atoms with Crippen LogP contribution in [0.5, 0.6) is 0 Å². The molecular formula is C13H19FN2O3. The number of aliphatic hydroxyl groups is 1. The quantitative estimate of drug-likeness (QED) is 0.725. The molecule has 5 nitrogen and oxygen atoms in total. The van der Waals surface area contributed by atoms with Gasteiger partial charge in [0.2, 0.25) is 5.95 Å². The largest absolute Gasteiger partial charge is 0.389 e. The van der Waals surface area contributed by atoms with E-state index in [0.717, 1.165) is 6.07 Å². The molecular weight excluding hydrogens is 251 g/mol. The van der Waals surface area contributed by atoms with Crippen LogP contribution in [0.2, 0.25) is 0 Å². The fourth-order valence-corrected chi connectivity index (χ4v) is 1.33. The number of rotatable bonds is 7. The second-order valence-corrected chi connectivity index (χ2v) is 4.64. The van der Waals surface area contributed by atoms with Crippen LogP contribution in [-0.2, 0) is 4.74 Å². The molecule has 0 fully saturated rings. The highest BCUT2D eigenvalue weighted by Crippen LogP contribution is 1.98. The number of carbonyl (C=O) groups excluding carboxylic acids is 1. The average Bonchev–Trinajstić information content (AvgIpc) is 2.35. The highest BCUT2D eigenvalue weighted by atomic mass is 19.1. The summed E-state index contributed by atoms with van der Waals surface area (Å²) in [6, 6.07) is 3.96. The molecule has 0 saturated heterocycles. The molecule has 0 spiro atoms. The van der Waals surface area contributed by atoms with Crippen molar-refractivity contribution in [1.82, 2.24) is 10.3 Å². The Morgan fingerprint density at radius 3 is 2.84 bits per heavy atom. The summed E-state index contributed by atoms with van der Waals surface area (Å²) in [5.41, 5.74) is -0.0182. The molecule has 106 valence electrons. The number of pyridine rings is 1. The summed E-state index contributed by atoms with van der Waals surface area (Å²) in [6.45, 7) is 4.74. The van der Waals surface area contributed by atoms with E-state index < -0.39 is 18.0 Å². The van der Waals surface area contributed by atoms with Crippen LogP contribution in [0.4, 0.5) is 4.39 Å². The maximum absolute atomic E-state index is 12.8. The Bertz CT molecular complexity index is 413. The lowest BCUT2D eigenvalue weighted by Crippen LogP contribution is -2.35. The molecule has 1 heterocycles. The summed E-state index contributed by atoms with van der Waals surface area (Å²) in [6.07, 6.45) is -0.795. The van der Waals surface area contributed by atoms with Gasteiger partial charge < -0.3 is 15.2 Å². The van der Waals surface area contributed by atoms with Crippen molar-refractivity contribution in [1.29, 1.82) is 0 Å². The van der Waals surface area contributed by atoms with Gasteiger partial charge in [0.1, 0.15) is 5.69 Å². The van der Waals surface area contributed by atoms with Crippen molar-refractivity contribution in [2.75, 3.05) is 19.8 Å². The number of aliphatic hydroxyl groups excluding tert-OH is 1. The van der Waals surface area contributed by atoms with Gasteiger partial charge in [-0.05, 0) is 18.1 Å². The smallest absolute Gasteiger partial charge is 0.270 e. The van der Waals surface area contributed by atoms with E-state index in [9.17, 15) is 14.3 Å². The lowest BCUT2D eigenvalue weighted by molar-refractivity contribution is 0.0259. The van der Waals surface area contributed by atoms with Crippen molar-refractivity contribution in [3.05, 3.63) is 29.8 Å². The topological polar surface area (TPSA) is 71.5 Å². The highest BCUT2D eigenvalue weighted by molar-refractivity contribution is 5.92. The first-order valence-corrected chi connectivity index (χ1v) is 6.15. The molecule has 1 unspecified atom stereocenters. The van der Waals surface area contributed by atoms with Crippen LogP contribution in [0.1, 0.15) is 24.3 Å². The molecule has 0 aromatic carbocycles. The molecule has 1 atom stereocenters. The maximum Gasteiger partial charge on any atom is 0.270 e. The lowest BCUT2D eigenvalue weighted by atomic mass is 10.2. The van der Waals surface area contributed by atoms with Gasteiger partial charge in [0.25, 0.3) is 5.91 Å². The van der Waals surface area contributed by atoms with E-state index in [2.05, 4.69) is 10.3 Å². The fourth-order valence-electron chi connectivity index (χ4n) is 1.33. The molecule has 2 N–H and O–H groups in total. The Morgan fingerprint density at radius 2 is 2.21 bits per heavy atom. The van der Waals surface area contributed by atoms with Gasteiger partial charge in [-0.25, -0.2) is 4.98 Å². The van der Waals surface area contributed by atoms with Crippen molar-refractivity contribution in [2.45, 2.75) is 20.0 Å². The van der Waals surface area contributed by atoms with Gasteiger partial charge in [0.15, 0.2) is 0 Å². The molecule has 0 aliphatic rings. The zero-order valence-corrected chi connectivity index (χ0v) is 11.1. The van der Waals surface area contributed by atoms with E-state index in [0.29, 0.717) is 12.5 Å². The predicted molar refractivity (Wildman–Crippen MR) is 68.2 cm³/mol. The summed E-state index contributed by atoms with van der Waals surface area (Å²) in [5, 5.41) is 12.0. The predicted octanol–water partition coefficient (Wildman–Crippen LogP) is 0.984. The zero-order chi connectivity index (χ0) is 14.3. The van der Waals surface area contributed by atoms with Gasteiger partial charge in [0.05, 0.1) is 12.7 Å². The number of aromatic nitrogens is 1. The molecule has 19 heavy (non-hydrogen) atoms. The van der Waals surface area contributed by atoms with Gasteiger partial charge in [-0.1, -0.05) is 19.9 Å². The standard InChI is InChI=1S/C13H19FN2O3/c1-9(2)7-19-8-10(17)6-15-13(18)11-4-3-5-12(14)16-11/h3-5,9-10,17H,6-8H2,1-2H3,(H,15,18). The van der Waals surface area contributed by atoms with Crippen LogP contribution < -0.4 is 5.32 Å². The minimum atomic E-state index is -0.795. The molecule has 0 aliphatic heterocycles. The van der Waals surface area contributed by atoms with Crippen LogP contribution in [0.15, 0.2) is 18.2 Å². The third-order valence-corrected chi connectivity index (χ3v) is 2.21. The first kappa shape index (κ1) is 15.5. The summed E-state index contributed by atoms with van der Waals surface area (Å²) in [5.74, 6) is -0.853. The first-order chi connectivity index (χ1) is 8.99. The number of nitrogens with one attached hydrogen (secondary N) is 1. The number of amides is 1. The third-order valence-electron chi connectivity index (χ3n) is 2.21. The molecule has 0 saturated carbocycles. The number of ether oxygens (including phenoxy) is 1. The monoisotopic (exact) mass is 270 g/mol. The van der Waals surface area contributed by atoms with Gasteiger partial charge in [-0.3, -0.25) is 4.79 Å². The second-order valence-electron chi connectivity index (χ2n) is 4.64. The molecule has 1 aromatic rings. The zero-order valence-electron chi connectivity index (χ0n) is 11.1. The van der Waals surface area contributed by atoms with E-state index in [1.807, 2.05) is 13.8 Å². The molecule has 1 aromatic heterocycles. The SMILES string of the molecule is CC(C)COCC(O)CNC(=O)c1cccc(F)n1. The van der Waals surface area contributed by atoms with E-state index in [4.69, 9.17) is 4.74 Å². The molecule has 0 aliphatic carbocycles. The number of nitrogens with zero attached hydrogens (tertiary/aromatic N) is 1. The van der Waals surface area contributed by atoms with Crippen molar-refractivity contribution < 1.29 is 19.0 Å². The normalized spacial score (nSPS) is 12.5. The highest BCUT2D eigenvalue weighted by Gasteiger charge is 2.11. The minimum Gasteiger partial charge on any atom is -0.389 e. The minimum absolute atomic E-state index is 0.0182. The Hall–Kier alpha value is -1.53. The molecule has 0 radical (unpaired) electrons. The maximum atomic E-state index is 12.8. The Morgan fingerprint density at radius 1 is 1.47 bits per heavy atom. The third kappa shape index (κ3) is 6.26. The Kier molecular flexibility index (Phi) is 6.38. The summed E-state index contributed by atoms with van der Waals surface area (Å²) in [4.78, 5) is 15.0. The summed E-state index contributed by atoms with van der Waals surface area (Å²) in [7, 11) is 0. The number of hydrogen-bond donors (Lipinski definition) is 2. The van der Waals surface area contributed by atoms with Gasteiger partial charge >= 0.3 is 0 Å². The molecule has 1 amide bonds.